The lowest BCUT2D eigenvalue weighted by atomic mass is 10.1. The van der Waals surface area contributed by atoms with Gasteiger partial charge in [-0.2, -0.15) is 0 Å². The van der Waals surface area contributed by atoms with Crippen molar-refractivity contribution in [1.29, 1.82) is 0 Å². The normalized spacial score (nSPS) is 17.9. The number of carbonyl (C=O) groups excluding carboxylic acids is 1. The Morgan fingerprint density at radius 2 is 2.21 bits per heavy atom. The number of amides is 1. The summed E-state index contributed by atoms with van der Waals surface area (Å²) in [5, 5.41) is 3.24. The molecule has 1 amide bonds. The highest BCUT2D eigenvalue weighted by molar-refractivity contribution is 7.99. The lowest BCUT2D eigenvalue weighted by molar-refractivity contribution is -0.133. The van der Waals surface area contributed by atoms with E-state index in [0.717, 1.165) is 18.2 Å². The van der Waals surface area contributed by atoms with E-state index in [0.29, 0.717) is 6.54 Å². The number of halogens is 1. The first-order valence-electron chi connectivity index (χ1n) is 6.36. The maximum Gasteiger partial charge on any atom is 0.240 e. The van der Waals surface area contributed by atoms with Gasteiger partial charge in [0.25, 0.3) is 0 Å². The smallest absolute Gasteiger partial charge is 0.240 e. The van der Waals surface area contributed by atoms with Crippen molar-refractivity contribution in [3.05, 3.63) is 35.4 Å². The van der Waals surface area contributed by atoms with Gasteiger partial charge in [-0.25, -0.2) is 0 Å². The summed E-state index contributed by atoms with van der Waals surface area (Å²) in [5.41, 5.74) is 2.48. The quantitative estimate of drug-likeness (QED) is 0.927. The third kappa shape index (κ3) is 4.13. The van der Waals surface area contributed by atoms with Crippen LogP contribution >= 0.6 is 24.2 Å². The molecule has 0 aromatic heterocycles. The maximum atomic E-state index is 12.3. The average molecular weight is 301 g/mol. The summed E-state index contributed by atoms with van der Waals surface area (Å²) in [6.45, 7) is 5.61. The molecule has 1 heterocycles. The van der Waals surface area contributed by atoms with E-state index < -0.39 is 0 Å². The van der Waals surface area contributed by atoms with Gasteiger partial charge in [-0.1, -0.05) is 24.3 Å². The SMILES string of the molecule is CCN(Cc1ccccc1C)C(=O)C1CSCN1.Cl. The van der Waals surface area contributed by atoms with Crippen LogP contribution in [-0.4, -0.2) is 35.0 Å². The first-order chi connectivity index (χ1) is 8.72. The molecule has 3 nitrogen and oxygen atoms in total. The van der Waals surface area contributed by atoms with Gasteiger partial charge in [0, 0.05) is 24.7 Å². The molecule has 106 valence electrons. The summed E-state index contributed by atoms with van der Waals surface area (Å²) in [5.74, 6) is 2.01. The van der Waals surface area contributed by atoms with E-state index in [4.69, 9.17) is 0 Å². The van der Waals surface area contributed by atoms with Gasteiger partial charge in [0.1, 0.15) is 0 Å². The highest BCUT2D eigenvalue weighted by Gasteiger charge is 2.26. The van der Waals surface area contributed by atoms with Gasteiger partial charge in [-0.3, -0.25) is 10.1 Å². The Balaban J connectivity index is 0.00000180. The highest BCUT2D eigenvalue weighted by Crippen LogP contribution is 2.15. The number of rotatable bonds is 4. The minimum atomic E-state index is -0.000955. The molecule has 1 fully saturated rings. The average Bonchev–Trinajstić information content (AvgIpc) is 2.91. The van der Waals surface area contributed by atoms with Crippen LogP contribution in [0.3, 0.4) is 0 Å². The molecule has 1 unspecified atom stereocenters. The number of hydrogen-bond donors (Lipinski definition) is 1. The van der Waals surface area contributed by atoms with Gasteiger partial charge < -0.3 is 4.90 Å². The van der Waals surface area contributed by atoms with Crippen LogP contribution in [0.4, 0.5) is 0 Å². The number of thioether (sulfide) groups is 1. The molecule has 0 aliphatic carbocycles. The third-order valence-corrected chi connectivity index (χ3v) is 4.27. The van der Waals surface area contributed by atoms with Crippen LogP contribution in [0.2, 0.25) is 0 Å². The van der Waals surface area contributed by atoms with Crippen molar-refractivity contribution in [3.63, 3.8) is 0 Å². The van der Waals surface area contributed by atoms with E-state index in [1.807, 2.05) is 24.0 Å². The van der Waals surface area contributed by atoms with Crippen molar-refractivity contribution in [2.75, 3.05) is 18.2 Å². The van der Waals surface area contributed by atoms with Crippen molar-refractivity contribution >= 4 is 30.1 Å². The Labute approximate surface area is 125 Å². The van der Waals surface area contributed by atoms with Crippen molar-refractivity contribution < 1.29 is 4.79 Å². The van der Waals surface area contributed by atoms with Crippen molar-refractivity contribution in [3.8, 4) is 0 Å². The van der Waals surface area contributed by atoms with Gasteiger partial charge in [-0.15, -0.1) is 24.2 Å². The fourth-order valence-electron chi connectivity index (χ4n) is 2.11. The van der Waals surface area contributed by atoms with Crippen LogP contribution < -0.4 is 5.32 Å². The van der Waals surface area contributed by atoms with Crippen LogP contribution in [0.5, 0.6) is 0 Å². The maximum absolute atomic E-state index is 12.3. The topological polar surface area (TPSA) is 32.3 Å². The van der Waals surface area contributed by atoms with Gasteiger partial charge in [0.15, 0.2) is 0 Å². The summed E-state index contributed by atoms with van der Waals surface area (Å²) >= 11 is 1.79. The molecular formula is C14H21ClN2OS. The van der Waals surface area contributed by atoms with Crippen molar-refractivity contribution in [2.24, 2.45) is 0 Å². The van der Waals surface area contributed by atoms with E-state index in [9.17, 15) is 4.79 Å². The minimum Gasteiger partial charge on any atom is -0.337 e. The number of nitrogens with zero attached hydrogens (tertiary/aromatic N) is 1. The molecule has 1 saturated heterocycles. The summed E-state index contributed by atoms with van der Waals surface area (Å²) in [7, 11) is 0. The van der Waals surface area contributed by atoms with Crippen LogP contribution in [-0.2, 0) is 11.3 Å². The molecule has 0 spiro atoms. The molecule has 19 heavy (non-hydrogen) atoms. The Bertz CT molecular complexity index is 422. The number of likely N-dealkylation sites (N-methyl/N-ethyl adjacent to an activating group) is 1. The molecular weight excluding hydrogens is 280 g/mol. The molecule has 0 radical (unpaired) electrons. The number of carbonyl (C=O) groups is 1. The standard InChI is InChI=1S/C14H20N2OS.ClH/c1-3-16(14(17)13-9-18-10-15-13)8-12-7-5-4-6-11(12)2;/h4-7,13,15H,3,8-10H2,1-2H3;1H. The zero-order valence-electron chi connectivity index (χ0n) is 11.4. The van der Waals surface area contributed by atoms with Gasteiger partial charge in [0.05, 0.1) is 6.04 Å². The monoisotopic (exact) mass is 300 g/mol. The van der Waals surface area contributed by atoms with Crippen LogP contribution in [0.25, 0.3) is 0 Å². The number of aryl methyl sites for hydroxylation is 1. The minimum absolute atomic E-state index is 0. The lowest BCUT2D eigenvalue weighted by Gasteiger charge is -2.24. The van der Waals surface area contributed by atoms with E-state index in [-0.39, 0.29) is 24.4 Å². The van der Waals surface area contributed by atoms with Crippen molar-refractivity contribution in [2.45, 2.75) is 26.4 Å². The number of hydrogen-bond acceptors (Lipinski definition) is 3. The van der Waals surface area contributed by atoms with Crippen LogP contribution in [0.15, 0.2) is 24.3 Å². The van der Waals surface area contributed by atoms with E-state index in [1.165, 1.54) is 11.1 Å². The number of benzene rings is 1. The highest BCUT2D eigenvalue weighted by atomic mass is 35.5. The Kier molecular flexibility index (Phi) is 6.69. The van der Waals surface area contributed by atoms with Crippen LogP contribution in [0, 0.1) is 6.92 Å². The molecule has 2 rings (SSSR count). The molecule has 5 heteroatoms. The second-order valence-corrected chi connectivity index (χ2v) is 5.58. The fourth-order valence-corrected chi connectivity index (χ4v) is 3.05. The molecule has 1 aliphatic heterocycles. The number of nitrogens with one attached hydrogen (secondary N) is 1. The molecule has 1 atom stereocenters. The van der Waals surface area contributed by atoms with Crippen molar-refractivity contribution in [1.82, 2.24) is 10.2 Å². The lowest BCUT2D eigenvalue weighted by Crippen LogP contribution is -2.44. The largest absolute Gasteiger partial charge is 0.337 e. The predicted molar refractivity (Wildman–Crippen MR) is 83.8 cm³/mol. The van der Waals surface area contributed by atoms with E-state index >= 15 is 0 Å². The summed E-state index contributed by atoms with van der Waals surface area (Å²) in [6.07, 6.45) is 0. The molecule has 0 bridgehead atoms. The Morgan fingerprint density at radius 1 is 1.47 bits per heavy atom. The molecule has 1 N–H and O–H groups in total. The predicted octanol–water partition coefficient (Wildman–Crippen LogP) is 2.43. The van der Waals surface area contributed by atoms with Gasteiger partial charge in [-0.05, 0) is 25.0 Å². The molecule has 0 saturated carbocycles. The molecule has 1 aromatic rings. The first kappa shape index (κ1) is 16.3. The molecule has 1 aliphatic rings. The van der Waals surface area contributed by atoms with E-state index in [2.05, 4.69) is 24.4 Å². The van der Waals surface area contributed by atoms with Gasteiger partial charge >= 0.3 is 0 Å². The second kappa shape index (κ2) is 7.78. The van der Waals surface area contributed by atoms with Gasteiger partial charge in [0.2, 0.25) is 5.91 Å². The summed E-state index contributed by atoms with van der Waals surface area (Å²) in [4.78, 5) is 14.3. The Hall–Kier alpha value is -0.710. The van der Waals surface area contributed by atoms with E-state index in [1.54, 1.807) is 11.8 Å². The van der Waals surface area contributed by atoms with Crippen LogP contribution in [0.1, 0.15) is 18.1 Å². The fraction of sp³-hybridized carbons (Fsp3) is 0.500. The molecule has 1 aromatic carbocycles. The zero-order valence-corrected chi connectivity index (χ0v) is 13.0. The zero-order chi connectivity index (χ0) is 13.0. The Morgan fingerprint density at radius 3 is 2.79 bits per heavy atom. The third-order valence-electron chi connectivity index (χ3n) is 3.33. The summed E-state index contributed by atoms with van der Waals surface area (Å²) < 4.78 is 0. The first-order valence-corrected chi connectivity index (χ1v) is 7.52. The summed E-state index contributed by atoms with van der Waals surface area (Å²) in [6, 6.07) is 8.26. The second-order valence-electron chi connectivity index (χ2n) is 4.55.